The van der Waals surface area contributed by atoms with Gasteiger partial charge in [0.15, 0.2) is 0 Å². The maximum Gasteiger partial charge on any atom is 0.255 e. The SMILES string of the molecule is CCc1ccc(C(=O)Nc2cccc(C#Cc3ccccn3)c2)cc1S(=O)(=O)N1CCOCC1. The number of amides is 1. The lowest BCUT2D eigenvalue weighted by Gasteiger charge is -2.27. The van der Waals surface area contributed by atoms with Crippen molar-refractivity contribution in [2.75, 3.05) is 31.6 Å². The van der Waals surface area contributed by atoms with Crippen LogP contribution in [0.3, 0.4) is 0 Å². The number of anilines is 1. The molecular weight excluding hydrogens is 450 g/mol. The third kappa shape index (κ3) is 5.51. The second-order valence-corrected chi connectivity index (χ2v) is 9.60. The number of aromatic nitrogens is 1. The van der Waals surface area contributed by atoms with Gasteiger partial charge in [0.2, 0.25) is 10.0 Å². The van der Waals surface area contributed by atoms with Crippen LogP contribution in [0.25, 0.3) is 0 Å². The van der Waals surface area contributed by atoms with E-state index in [0.717, 1.165) is 5.56 Å². The summed E-state index contributed by atoms with van der Waals surface area (Å²) in [6.07, 6.45) is 2.22. The number of benzene rings is 2. The van der Waals surface area contributed by atoms with Crippen molar-refractivity contribution >= 4 is 21.6 Å². The molecule has 2 heterocycles. The van der Waals surface area contributed by atoms with Crippen LogP contribution in [0.5, 0.6) is 0 Å². The standard InChI is InChI=1S/C26H25N3O4S/c1-2-21-10-11-22(19-25(21)34(31,32)29-14-16-33-17-15-29)26(30)28-24-8-5-6-20(18-24)9-12-23-7-3-4-13-27-23/h3-8,10-11,13,18-19H,2,14-17H2,1H3,(H,28,30). The molecule has 7 nitrogen and oxygen atoms in total. The highest BCUT2D eigenvalue weighted by atomic mass is 32.2. The first-order chi connectivity index (χ1) is 16.5. The van der Waals surface area contributed by atoms with Crippen LogP contribution in [0.4, 0.5) is 5.69 Å². The molecule has 174 valence electrons. The number of hydrogen-bond acceptors (Lipinski definition) is 5. The molecule has 8 heteroatoms. The monoisotopic (exact) mass is 475 g/mol. The molecule has 1 fully saturated rings. The van der Waals surface area contributed by atoms with Gasteiger partial charge in [0.1, 0.15) is 5.69 Å². The number of hydrogen-bond donors (Lipinski definition) is 1. The number of aryl methyl sites for hydroxylation is 1. The van der Waals surface area contributed by atoms with Crippen LogP contribution in [0.2, 0.25) is 0 Å². The second kappa shape index (κ2) is 10.6. The largest absolute Gasteiger partial charge is 0.379 e. The summed E-state index contributed by atoms with van der Waals surface area (Å²) in [7, 11) is -3.72. The molecule has 0 saturated carbocycles. The molecule has 1 aliphatic rings. The minimum Gasteiger partial charge on any atom is -0.379 e. The van der Waals surface area contributed by atoms with Crippen molar-refractivity contribution in [3.05, 3.63) is 89.2 Å². The van der Waals surface area contributed by atoms with Crippen molar-refractivity contribution in [1.29, 1.82) is 0 Å². The molecular formula is C26H25N3O4S. The van der Waals surface area contributed by atoms with Gasteiger partial charge in [-0.15, -0.1) is 0 Å². The van der Waals surface area contributed by atoms with E-state index < -0.39 is 15.9 Å². The Bertz CT molecular complexity index is 1340. The third-order valence-corrected chi connectivity index (χ3v) is 7.40. The number of ether oxygens (including phenoxy) is 1. The quantitative estimate of drug-likeness (QED) is 0.572. The summed E-state index contributed by atoms with van der Waals surface area (Å²) >= 11 is 0. The van der Waals surface area contributed by atoms with Crippen LogP contribution < -0.4 is 5.32 Å². The van der Waals surface area contributed by atoms with Crippen LogP contribution in [-0.2, 0) is 21.2 Å². The Hall–Kier alpha value is -3.51. The predicted molar refractivity (Wildman–Crippen MR) is 130 cm³/mol. The summed E-state index contributed by atoms with van der Waals surface area (Å²) < 4.78 is 33.2. The first-order valence-electron chi connectivity index (χ1n) is 11.0. The predicted octanol–water partition coefficient (Wildman–Crippen LogP) is 3.32. The van der Waals surface area contributed by atoms with Crippen molar-refractivity contribution < 1.29 is 17.9 Å². The van der Waals surface area contributed by atoms with Crippen molar-refractivity contribution in [3.8, 4) is 11.8 Å². The van der Waals surface area contributed by atoms with E-state index in [9.17, 15) is 13.2 Å². The molecule has 1 aromatic heterocycles. The summed E-state index contributed by atoms with van der Waals surface area (Å²) in [5.74, 6) is 5.63. The molecule has 0 radical (unpaired) electrons. The lowest BCUT2D eigenvalue weighted by Crippen LogP contribution is -2.41. The van der Waals surface area contributed by atoms with E-state index in [-0.39, 0.29) is 10.5 Å². The normalized spacial score (nSPS) is 14.1. The molecule has 0 unspecified atom stereocenters. The summed E-state index contributed by atoms with van der Waals surface area (Å²) in [6.45, 7) is 3.22. The van der Waals surface area contributed by atoms with Gasteiger partial charge in [-0.3, -0.25) is 4.79 Å². The molecule has 4 rings (SSSR count). The van der Waals surface area contributed by atoms with Gasteiger partial charge in [-0.05, 0) is 60.4 Å². The fourth-order valence-electron chi connectivity index (χ4n) is 3.60. The molecule has 1 N–H and O–H groups in total. The van der Waals surface area contributed by atoms with Gasteiger partial charge in [-0.2, -0.15) is 4.31 Å². The minimum atomic E-state index is -3.72. The highest BCUT2D eigenvalue weighted by Crippen LogP contribution is 2.24. The first kappa shape index (κ1) is 23.6. The second-order valence-electron chi connectivity index (χ2n) is 7.69. The van der Waals surface area contributed by atoms with Crippen molar-refractivity contribution in [2.45, 2.75) is 18.2 Å². The fourth-order valence-corrected chi connectivity index (χ4v) is 5.33. The average Bonchev–Trinajstić information content (AvgIpc) is 2.88. The molecule has 3 aromatic rings. The highest BCUT2D eigenvalue weighted by Gasteiger charge is 2.29. The highest BCUT2D eigenvalue weighted by molar-refractivity contribution is 7.89. The molecule has 0 atom stereocenters. The van der Waals surface area contributed by atoms with Gasteiger partial charge in [0, 0.05) is 36.1 Å². The summed E-state index contributed by atoms with van der Waals surface area (Å²) in [6, 6.07) is 17.5. The van der Waals surface area contributed by atoms with E-state index in [1.807, 2.05) is 31.2 Å². The summed E-state index contributed by atoms with van der Waals surface area (Å²) in [5, 5.41) is 2.84. The van der Waals surface area contributed by atoms with Crippen LogP contribution in [0.15, 0.2) is 71.8 Å². The Balaban J connectivity index is 1.56. The topological polar surface area (TPSA) is 88.6 Å². The van der Waals surface area contributed by atoms with Gasteiger partial charge < -0.3 is 10.1 Å². The fraction of sp³-hybridized carbons (Fsp3) is 0.231. The van der Waals surface area contributed by atoms with E-state index in [1.54, 1.807) is 36.5 Å². The molecule has 0 bridgehead atoms. The van der Waals surface area contributed by atoms with Gasteiger partial charge in [-0.25, -0.2) is 13.4 Å². The summed E-state index contributed by atoms with van der Waals surface area (Å²) in [5.41, 5.74) is 2.89. The zero-order chi connectivity index (χ0) is 24.0. The van der Waals surface area contributed by atoms with Crippen LogP contribution in [-0.4, -0.2) is 49.9 Å². The first-order valence-corrected chi connectivity index (χ1v) is 12.5. The van der Waals surface area contributed by atoms with E-state index in [0.29, 0.717) is 49.7 Å². The lowest BCUT2D eigenvalue weighted by molar-refractivity contribution is 0.0730. The van der Waals surface area contributed by atoms with E-state index >= 15 is 0 Å². The third-order valence-electron chi connectivity index (χ3n) is 5.42. The van der Waals surface area contributed by atoms with Crippen LogP contribution in [0, 0.1) is 11.8 Å². The number of rotatable bonds is 5. The molecule has 1 saturated heterocycles. The summed E-state index contributed by atoms with van der Waals surface area (Å²) in [4.78, 5) is 17.3. The van der Waals surface area contributed by atoms with E-state index in [1.165, 1.54) is 10.4 Å². The zero-order valence-corrected chi connectivity index (χ0v) is 19.6. The number of sulfonamides is 1. The number of morpholine rings is 1. The minimum absolute atomic E-state index is 0.166. The van der Waals surface area contributed by atoms with Crippen molar-refractivity contribution in [2.24, 2.45) is 0 Å². The maximum atomic E-state index is 13.3. The maximum absolute atomic E-state index is 13.3. The van der Waals surface area contributed by atoms with E-state index in [2.05, 4.69) is 22.1 Å². The molecule has 1 aliphatic heterocycles. The Morgan fingerprint density at radius 2 is 1.88 bits per heavy atom. The number of nitrogens with one attached hydrogen (secondary N) is 1. The van der Waals surface area contributed by atoms with Gasteiger partial charge in [0.05, 0.1) is 18.1 Å². The van der Waals surface area contributed by atoms with Gasteiger partial charge in [0.25, 0.3) is 5.91 Å². The van der Waals surface area contributed by atoms with Crippen LogP contribution in [0.1, 0.15) is 34.1 Å². The molecule has 1 amide bonds. The number of carbonyl (C=O) groups excluding carboxylic acids is 1. The lowest BCUT2D eigenvalue weighted by atomic mass is 10.1. The smallest absolute Gasteiger partial charge is 0.255 e. The Morgan fingerprint density at radius 1 is 1.06 bits per heavy atom. The molecule has 0 spiro atoms. The Kier molecular flexibility index (Phi) is 7.38. The number of carbonyl (C=O) groups is 1. The molecule has 2 aromatic carbocycles. The van der Waals surface area contributed by atoms with Gasteiger partial charge in [-0.1, -0.05) is 31.0 Å². The van der Waals surface area contributed by atoms with Crippen LogP contribution >= 0.6 is 0 Å². The Morgan fingerprint density at radius 3 is 2.62 bits per heavy atom. The van der Waals surface area contributed by atoms with Gasteiger partial charge >= 0.3 is 0 Å². The molecule has 0 aliphatic carbocycles. The van der Waals surface area contributed by atoms with Crippen molar-refractivity contribution in [3.63, 3.8) is 0 Å². The Labute approximate surface area is 199 Å². The van der Waals surface area contributed by atoms with E-state index in [4.69, 9.17) is 4.74 Å². The number of pyridine rings is 1. The molecule has 34 heavy (non-hydrogen) atoms. The number of nitrogens with zero attached hydrogens (tertiary/aromatic N) is 2. The average molecular weight is 476 g/mol. The van der Waals surface area contributed by atoms with Crippen molar-refractivity contribution in [1.82, 2.24) is 9.29 Å². The zero-order valence-electron chi connectivity index (χ0n) is 18.8.